The van der Waals surface area contributed by atoms with Gasteiger partial charge in [0.1, 0.15) is 11.9 Å². The van der Waals surface area contributed by atoms with Crippen molar-refractivity contribution in [2.75, 3.05) is 0 Å². The van der Waals surface area contributed by atoms with Gasteiger partial charge in [-0.15, -0.1) is 10.2 Å². The van der Waals surface area contributed by atoms with Crippen LogP contribution in [-0.4, -0.2) is 42.7 Å². The Labute approximate surface area is 139 Å². The van der Waals surface area contributed by atoms with Gasteiger partial charge in [-0.05, 0) is 25.1 Å². The molecule has 2 heterocycles. The normalized spacial score (nSPS) is 17.3. The smallest absolute Gasteiger partial charge is 0.416 e. The lowest BCUT2D eigenvalue weighted by Gasteiger charge is -2.33. The predicted octanol–water partition coefficient (Wildman–Crippen LogP) is 1.71. The predicted molar refractivity (Wildman–Crippen MR) is 77.5 cm³/mol. The van der Waals surface area contributed by atoms with Crippen molar-refractivity contribution in [1.29, 1.82) is 0 Å². The first-order valence-corrected chi connectivity index (χ1v) is 7.28. The molecule has 132 valence electrons. The number of hydrogen-bond donors (Lipinski definition) is 1. The van der Waals surface area contributed by atoms with Crippen molar-refractivity contribution in [3.63, 3.8) is 0 Å². The molecule has 0 bridgehead atoms. The van der Waals surface area contributed by atoms with Crippen molar-refractivity contribution in [2.45, 2.75) is 32.2 Å². The minimum absolute atomic E-state index is 0.0613. The van der Waals surface area contributed by atoms with Gasteiger partial charge in [-0.2, -0.15) is 13.2 Å². The second-order valence-corrected chi connectivity index (χ2v) is 5.64. The van der Waals surface area contributed by atoms with Gasteiger partial charge < -0.3 is 14.6 Å². The summed E-state index contributed by atoms with van der Waals surface area (Å²) in [5.41, 5.74) is -1.20. The van der Waals surface area contributed by atoms with E-state index < -0.39 is 29.7 Å². The van der Waals surface area contributed by atoms with E-state index in [4.69, 9.17) is 0 Å². The van der Waals surface area contributed by atoms with E-state index in [1.807, 2.05) is 0 Å². The van der Waals surface area contributed by atoms with E-state index in [1.54, 1.807) is 11.5 Å². The van der Waals surface area contributed by atoms with Crippen LogP contribution in [0.1, 0.15) is 27.6 Å². The fraction of sp³-hybridized carbons (Fsp3) is 0.333. The van der Waals surface area contributed by atoms with E-state index in [0.717, 1.165) is 17.0 Å². The number of rotatable bonds is 2. The van der Waals surface area contributed by atoms with E-state index in [-0.39, 0.29) is 18.7 Å². The third kappa shape index (κ3) is 3.06. The van der Waals surface area contributed by atoms with Crippen LogP contribution in [0.25, 0.3) is 0 Å². The van der Waals surface area contributed by atoms with E-state index in [2.05, 4.69) is 10.2 Å². The van der Waals surface area contributed by atoms with Gasteiger partial charge in [0.25, 0.3) is 5.91 Å². The molecular weight excluding hydrogens is 341 g/mol. The molecule has 0 saturated carbocycles. The SMILES string of the molecule is Cc1nnc2n1CC(C(=O)O)N(C(=O)c1cccc(C(F)(F)F)c1)C2. The first-order chi connectivity index (χ1) is 11.7. The number of aliphatic carboxylic acids is 1. The third-order valence-corrected chi connectivity index (χ3v) is 4.04. The van der Waals surface area contributed by atoms with Gasteiger partial charge in [0.05, 0.1) is 18.7 Å². The number of benzene rings is 1. The lowest BCUT2D eigenvalue weighted by Crippen LogP contribution is -2.50. The monoisotopic (exact) mass is 354 g/mol. The van der Waals surface area contributed by atoms with Crippen LogP contribution < -0.4 is 0 Å². The highest BCUT2D eigenvalue weighted by molar-refractivity contribution is 5.96. The Bertz CT molecular complexity index is 847. The summed E-state index contributed by atoms with van der Waals surface area (Å²) in [6.45, 7) is 1.45. The molecule has 1 aromatic heterocycles. The summed E-state index contributed by atoms with van der Waals surface area (Å²) in [7, 11) is 0. The van der Waals surface area contributed by atoms with Crippen LogP contribution >= 0.6 is 0 Å². The highest BCUT2D eigenvalue weighted by Gasteiger charge is 2.37. The number of aryl methyl sites for hydroxylation is 1. The number of carboxylic acid groups (broad SMARTS) is 1. The number of aromatic nitrogens is 3. The molecule has 0 aliphatic carbocycles. The Morgan fingerprint density at radius 2 is 2.00 bits per heavy atom. The molecule has 7 nitrogen and oxygen atoms in total. The molecule has 0 fully saturated rings. The Kier molecular flexibility index (Phi) is 3.97. The third-order valence-electron chi connectivity index (χ3n) is 4.04. The lowest BCUT2D eigenvalue weighted by molar-refractivity contribution is -0.144. The van der Waals surface area contributed by atoms with Crippen LogP contribution in [-0.2, 0) is 24.1 Å². The number of amides is 1. The Balaban J connectivity index is 1.97. The number of carbonyl (C=O) groups is 2. The average Bonchev–Trinajstić information content (AvgIpc) is 2.93. The van der Waals surface area contributed by atoms with Gasteiger partial charge in [-0.1, -0.05) is 6.07 Å². The molecule has 2 aromatic rings. The molecular formula is C15H13F3N4O3. The second kappa shape index (κ2) is 5.87. The minimum atomic E-state index is -4.60. The standard InChI is InChI=1S/C15H13F3N4O3/c1-8-19-20-12-7-22(11(14(24)25)6-21(8)12)13(23)9-3-2-4-10(5-9)15(16,17)18/h2-5,11H,6-7H2,1H3,(H,24,25). The molecule has 0 saturated heterocycles. The van der Waals surface area contributed by atoms with Gasteiger partial charge in [-0.25, -0.2) is 4.79 Å². The van der Waals surface area contributed by atoms with Crippen LogP contribution in [0.3, 0.4) is 0 Å². The molecule has 1 atom stereocenters. The summed E-state index contributed by atoms with van der Waals surface area (Å²) >= 11 is 0. The molecule has 1 aromatic carbocycles. The van der Waals surface area contributed by atoms with Crippen LogP contribution in [0.5, 0.6) is 0 Å². The van der Waals surface area contributed by atoms with Crippen molar-refractivity contribution >= 4 is 11.9 Å². The zero-order valence-electron chi connectivity index (χ0n) is 13.0. The number of alkyl halides is 3. The van der Waals surface area contributed by atoms with Crippen LogP contribution in [0.15, 0.2) is 24.3 Å². The molecule has 1 aliphatic heterocycles. The summed E-state index contributed by atoms with van der Waals surface area (Å²) < 4.78 is 40.1. The molecule has 3 rings (SSSR count). The van der Waals surface area contributed by atoms with Crippen molar-refractivity contribution in [1.82, 2.24) is 19.7 Å². The maximum Gasteiger partial charge on any atom is 0.416 e. The zero-order valence-corrected chi connectivity index (χ0v) is 13.0. The summed E-state index contributed by atoms with van der Waals surface area (Å²) in [5.74, 6) is -1.16. The molecule has 1 aliphatic rings. The quantitative estimate of drug-likeness (QED) is 0.887. The largest absolute Gasteiger partial charge is 0.480 e. The number of halogens is 3. The topological polar surface area (TPSA) is 88.3 Å². The summed E-state index contributed by atoms with van der Waals surface area (Å²) in [4.78, 5) is 25.2. The highest BCUT2D eigenvalue weighted by Crippen LogP contribution is 2.30. The number of carbonyl (C=O) groups excluding carboxylic acids is 1. The van der Waals surface area contributed by atoms with Gasteiger partial charge in [0.2, 0.25) is 0 Å². The van der Waals surface area contributed by atoms with E-state index in [1.165, 1.54) is 6.07 Å². The highest BCUT2D eigenvalue weighted by atomic mass is 19.4. The van der Waals surface area contributed by atoms with Gasteiger partial charge in [0, 0.05) is 5.56 Å². The van der Waals surface area contributed by atoms with Crippen LogP contribution in [0, 0.1) is 6.92 Å². The lowest BCUT2D eigenvalue weighted by atomic mass is 10.1. The van der Waals surface area contributed by atoms with Gasteiger partial charge >= 0.3 is 12.1 Å². The zero-order chi connectivity index (χ0) is 18.4. The molecule has 0 radical (unpaired) electrons. The number of hydrogen-bond acceptors (Lipinski definition) is 4. The molecule has 1 amide bonds. The fourth-order valence-corrected chi connectivity index (χ4v) is 2.73. The van der Waals surface area contributed by atoms with Crippen molar-refractivity contribution in [3.05, 3.63) is 47.0 Å². The molecule has 25 heavy (non-hydrogen) atoms. The number of nitrogens with zero attached hydrogens (tertiary/aromatic N) is 4. The first-order valence-electron chi connectivity index (χ1n) is 7.28. The molecule has 0 spiro atoms. The Morgan fingerprint density at radius 1 is 1.28 bits per heavy atom. The first kappa shape index (κ1) is 16.9. The Hall–Kier alpha value is -2.91. The van der Waals surface area contributed by atoms with Crippen molar-refractivity contribution in [3.8, 4) is 0 Å². The Morgan fingerprint density at radius 3 is 2.64 bits per heavy atom. The fourth-order valence-electron chi connectivity index (χ4n) is 2.73. The summed E-state index contributed by atoms with van der Waals surface area (Å²) in [6.07, 6.45) is -4.60. The summed E-state index contributed by atoms with van der Waals surface area (Å²) in [6, 6.07) is 2.68. The number of fused-ring (bicyclic) bond motifs is 1. The van der Waals surface area contributed by atoms with E-state index in [0.29, 0.717) is 17.7 Å². The van der Waals surface area contributed by atoms with Gasteiger partial charge in [0.15, 0.2) is 5.82 Å². The van der Waals surface area contributed by atoms with E-state index >= 15 is 0 Å². The molecule has 1 unspecified atom stereocenters. The second-order valence-electron chi connectivity index (χ2n) is 5.64. The van der Waals surface area contributed by atoms with E-state index in [9.17, 15) is 27.9 Å². The van der Waals surface area contributed by atoms with Gasteiger partial charge in [-0.3, -0.25) is 4.79 Å². The average molecular weight is 354 g/mol. The number of carboxylic acids is 1. The van der Waals surface area contributed by atoms with Crippen molar-refractivity contribution < 1.29 is 27.9 Å². The molecule has 10 heteroatoms. The van der Waals surface area contributed by atoms with Crippen LogP contribution in [0.2, 0.25) is 0 Å². The summed E-state index contributed by atoms with van der Waals surface area (Å²) in [5, 5.41) is 17.1. The van der Waals surface area contributed by atoms with Crippen LogP contribution in [0.4, 0.5) is 13.2 Å². The molecule has 1 N–H and O–H groups in total. The minimum Gasteiger partial charge on any atom is -0.480 e. The van der Waals surface area contributed by atoms with Crippen molar-refractivity contribution in [2.24, 2.45) is 0 Å². The maximum absolute atomic E-state index is 12.8. The maximum atomic E-state index is 12.8.